The zero-order valence-corrected chi connectivity index (χ0v) is 14.8. The summed E-state index contributed by atoms with van der Waals surface area (Å²) in [6.45, 7) is 17.5. The molecule has 0 radical (unpaired) electrons. The minimum atomic E-state index is 1.02. The van der Waals surface area contributed by atoms with Gasteiger partial charge in [-0.15, -0.1) is 0 Å². The number of rotatable bonds is 1. The van der Waals surface area contributed by atoms with Crippen LogP contribution in [-0.4, -0.2) is 0 Å². The molecule has 0 bridgehead atoms. The molecule has 0 N–H and O–H groups in total. The maximum atomic E-state index is 2.38. The molecule has 0 aromatic heterocycles. The molecule has 1 aliphatic carbocycles. The van der Waals surface area contributed by atoms with E-state index in [0.29, 0.717) is 0 Å². The lowest BCUT2D eigenvalue weighted by molar-refractivity contribution is 0.284. The van der Waals surface area contributed by atoms with Crippen molar-refractivity contribution in [1.29, 1.82) is 0 Å². The molecule has 0 saturated heterocycles. The predicted octanol–water partition coefficient (Wildman–Crippen LogP) is 7.47. The maximum absolute atomic E-state index is 2.38. The molecule has 0 aliphatic heterocycles. The minimum absolute atomic E-state index is 1.02. The zero-order valence-electron chi connectivity index (χ0n) is 14.8. The summed E-state index contributed by atoms with van der Waals surface area (Å²) in [5, 5.41) is 0. The molecule has 1 aliphatic rings. The Morgan fingerprint density at radius 2 is 0.889 bits per heavy atom. The Kier molecular flexibility index (Phi) is 28.5. The lowest BCUT2D eigenvalue weighted by atomic mass is 9.82. The Morgan fingerprint density at radius 3 is 1.11 bits per heavy atom. The fourth-order valence-corrected chi connectivity index (χ4v) is 1.74. The highest BCUT2D eigenvalue weighted by Crippen LogP contribution is 2.29. The second-order valence-corrected chi connectivity index (χ2v) is 5.66. The van der Waals surface area contributed by atoms with Gasteiger partial charge in [0.15, 0.2) is 0 Å². The Morgan fingerprint density at radius 1 is 0.611 bits per heavy atom. The molecule has 0 atom stereocenters. The molecule has 0 amide bonds. The predicted molar refractivity (Wildman–Crippen MR) is 89.3 cm³/mol. The summed E-state index contributed by atoms with van der Waals surface area (Å²) in [6, 6.07) is 0. The first-order valence-electron chi connectivity index (χ1n) is 8.57. The number of hydrogen-bond acceptors (Lipinski definition) is 0. The lowest BCUT2D eigenvalue weighted by Gasteiger charge is -2.24. The van der Waals surface area contributed by atoms with Gasteiger partial charge in [0.25, 0.3) is 0 Å². The molecule has 0 aromatic rings. The molecule has 1 fully saturated rings. The van der Waals surface area contributed by atoms with Gasteiger partial charge >= 0.3 is 0 Å². The third-order valence-electron chi connectivity index (χ3n) is 2.71. The summed E-state index contributed by atoms with van der Waals surface area (Å²) in [7, 11) is 0. The van der Waals surface area contributed by atoms with E-state index in [1.165, 1.54) is 51.4 Å². The van der Waals surface area contributed by atoms with Gasteiger partial charge < -0.3 is 0 Å². The van der Waals surface area contributed by atoms with Crippen molar-refractivity contribution in [3.8, 4) is 0 Å². The van der Waals surface area contributed by atoms with Crippen molar-refractivity contribution in [1.82, 2.24) is 0 Å². The van der Waals surface area contributed by atoms with Crippen molar-refractivity contribution in [2.75, 3.05) is 0 Å². The first-order chi connectivity index (χ1) is 8.57. The van der Waals surface area contributed by atoms with Crippen molar-refractivity contribution in [2.24, 2.45) is 11.8 Å². The van der Waals surface area contributed by atoms with Gasteiger partial charge in [0.05, 0.1) is 0 Å². The topological polar surface area (TPSA) is 0 Å². The average molecular weight is 259 g/mol. The normalized spacial score (nSPS) is 21.3. The van der Waals surface area contributed by atoms with Gasteiger partial charge in [0.1, 0.15) is 0 Å². The Balaban J connectivity index is -0.000000210. The van der Waals surface area contributed by atoms with E-state index in [-0.39, 0.29) is 0 Å². The molecule has 0 aromatic carbocycles. The highest BCUT2D eigenvalue weighted by molar-refractivity contribution is 4.68. The molecule has 0 heteroatoms. The van der Waals surface area contributed by atoms with Crippen molar-refractivity contribution in [3.05, 3.63) is 0 Å². The first kappa shape index (κ1) is 23.1. The van der Waals surface area contributed by atoms with Crippen molar-refractivity contribution in [3.63, 3.8) is 0 Å². The van der Waals surface area contributed by atoms with E-state index in [4.69, 9.17) is 0 Å². The van der Waals surface area contributed by atoms with Crippen LogP contribution in [0.5, 0.6) is 0 Å². The Hall–Kier alpha value is 0. The molecule has 0 unspecified atom stereocenters. The van der Waals surface area contributed by atoms with E-state index in [1.54, 1.807) is 0 Å². The van der Waals surface area contributed by atoms with Crippen LogP contribution in [0.3, 0.4) is 0 Å². The molecule has 18 heavy (non-hydrogen) atoms. The number of hydrogen-bond donors (Lipinski definition) is 0. The highest BCUT2D eigenvalue weighted by Gasteiger charge is 2.15. The summed E-state index contributed by atoms with van der Waals surface area (Å²) in [5.41, 5.74) is 0. The third-order valence-corrected chi connectivity index (χ3v) is 2.71. The molecule has 114 valence electrons. The van der Waals surface area contributed by atoms with Gasteiger partial charge in [0.2, 0.25) is 0 Å². The van der Waals surface area contributed by atoms with Crippen LogP contribution in [0.4, 0.5) is 0 Å². The van der Waals surface area contributed by atoms with E-state index < -0.39 is 0 Å². The van der Waals surface area contributed by atoms with Crippen LogP contribution in [0.2, 0.25) is 0 Å². The van der Waals surface area contributed by atoms with Crippen molar-refractivity contribution < 1.29 is 0 Å². The third kappa shape index (κ3) is 25.0. The SMILES string of the molecule is CCC.CCC.CCC.CCC1CCC(C)CC1. The smallest absolute Gasteiger partial charge is 0.0417 e. The summed E-state index contributed by atoms with van der Waals surface area (Å²) in [4.78, 5) is 0. The van der Waals surface area contributed by atoms with Crippen LogP contribution in [0.15, 0.2) is 0 Å². The first-order valence-corrected chi connectivity index (χ1v) is 8.57. The molecular weight excluding hydrogens is 216 g/mol. The zero-order chi connectivity index (χ0) is 14.8. The molecule has 0 nitrogen and oxygen atoms in total. The van der Waals surface area contributed by atoms with Gasteiger partial charge in [-0.05, 0) is 11.8 Å². The fraction of sp³-hybridized carbons (Fsp3) is 1.00. The van der Waals surface area contributed by atoms with E-state index in [2.05, 4.69) is 55.4 Å². The average Bonchev–Trinajstić information content (AvgIpc) is 2.33. The van der Waals surface area contributed by atoms with Crippen molar-refractivity contribution >= 4 is 0 Å². The lowest BCUT2D eigenvalue weighted by Crippen LogP contribution is -2.10. The summed E-state index contributed by atoms with van der Waals surface area (Å²) in [6.07, 6.45) is 11.1. The van der Waals surface area contributed by atoms with Crippen LogP contribution in [0.1, 0.15) is 107 Å². The summed E-state index contributed by atoms with van der Waals surface area (Å²) < 4.78 is 0. The monoisotopic (exact) mass is 258 g/mol. The van der Waals surface area contributed by atoms with Gasteiger partial charge in [-0.25, -0.2) is 0 Å². The Labute approximate surface area is 119 Å². The van der Waals surface area contributed by atoms with E-state index in [9.17, 15) is 0 Å². The summed E-state index contributed by atoms with van der Waals surface area (Å²) >= 11 is 0. The van der Waals surface area contributed by atoms with E-state index >= 15 is 0 Å². The van der Waals surface area contributed by atoms with Gasteiger partial charge in [-0.3, -0.25) is 0 Å². The van der Waals surface area contributed by atoms with Crippen LogP contribution in [0.25, 0.3) is 0 Å². The highest BCUT2D eigenvalue weighted by atomic mass is 14.2. The minimum Gasteiger partial charge on any atom is -0.0656 e. The molecule has 1 saturated carbocycles. The van der Waals surface area contributed by atoms with Crippen LogP contribution in [-0.2, 0) is 0 Å². The standard InChI is InChI=1S/C9H18.3C3H8/c1-3-9-6-4-8(2)5-7-9;3*1-3-2/h8-9H,3-7H2,1-2H3;3*3H2,1-2H3. The van der Waals surface area contributed by atoms with Gasteiger partial charge in [-0.2, -0.15) is 0 Å². The van der Waals surface area contributed by atoms with E-state index in [1.807, 2.05) is 0 Å². The van der Waals surface area contributed by atoms with E-state index in [0.717, 1.165) is 11.8 Å². The molecule has 1 rings (SSSR count). The van der Waals surface area contributed by atoms with Crippen LogP contribution in [0, 0.1) is 11.8 Å². The van der Waals surface area contributed by atoms with Gasteiger partial charge in [-0.1, -0.05) is 107 Å². The molecule has 0 heterocycles. The van der Waals surface area contributed by atoms with Crippen molar-refractivity contribution in [2.45, 2.75) is 107 Å². The largest absolute Gasteiger partial charge is 0.0656 e. The summed E-state index contributed by atoms with van der Waals surface area (Å²) in [5.74, 6) is 2.09. The van der Waals surface area contributed by atoms with Crippen LogP contribution >= 0.6 is 0 Å². The second-order valence-electron chi connectivity index (χ2n) is 5.66. The fourth-order valence-electron chi connectivity index (χ4n) is 1.74. The quantitative estimate of drug-likeness (QED) is 0.457. The Bertz CT molecular complexity index is 93.9. The molecular formula is C18H42. The maximum Gasteiger partial charge on any atom is -0.0417 e. The van der Waals surface area contributed by atoms with Crippen LogP contribution < -0.4 is 0 Å². The van der Waals surface area contributed by atoms with Gasteiger partial charge in [0, 0.05) is 0 Å². The second kappa shape index (κ2) is 22.2. The molecule has 0 spiro atoms.